The molecule has 0 fully saturated rings. The minimum atomic E-state index is -0.463. The molecular weight excluding hydrogens is 352 g/mol. The smallest absolute Gasteiger partial charge is 0.271 e. The van der Waals surface area contributed by atoms with Gasteiger partial charge in [-0.25, -0.2) is 4.68 Å². The van der Waals surface area contributed by atoms with Crippen LogP contribution in [0.5, 0.6) is 5.75 Å². The second-order valence-corrected chi connectivity index (χ2v) is 5.80. The largest absolute Gasteiger partial charge is 0.495 e. The van der Waals surface area contributed by atoms with Crippen LogP contribution in [0.2, 0.25) is 0 Å². The van der Waals surface area contributed by atoms with Crippen LogP contribution in [-0.2, 0) is 0 Å². The zero-order valence-electron chi connectivity index (χ0n) is 13.9. The molecule has 3 aromatic rings. The van der Waals surface area contributed by atoms with Gasteiger partial charge in [-0.3, -0.25) is 15.2 Å². The second kappa shape index (κ2) is 7.24. The van der Waals surface area contributed by atoms with Crippen LogP contribution in [0, 0.1) is 14.8 Å². The molecule has 2 N–H and O–H groups in total. The summed E-state index contributed by atoms with van der Waals surface area (Å²) in [6.45, 7) is 3.97. The van der Waals surface area contributed by atoms with Crippen LogP contribution in [0.15, 0.2) is 48.5 Å². The Hall–Kier alpha value is -3.39. The number of methoxy groups -OCH3 is 1. The molecular formula is C18H16N4O3S. The van der Waals surface area contributed by atoms with Crippen LogP contribution in [0.4, 0.5) is 11.4 Å². The van der Waals surface area contributed by atoms with E-state index in [0.717, 1.165) is 5.69 Å². The third-order valence-electron chi connectivity index (χ3n) is 3.79. The Bertz CT molecular complexity index is 1120. The number of nitrogens with one attached hydrogen (secondary N) is 2. The summed E-state index contributed by atoms with van der Waals surface area (Å²) in [7, 11) is 1.50. The highest BCUT2D eigenvalue weighted by atomic mass is 32.1. The van der Waals surface area contributed by atoms with E-state index in [4.69, 9.17) is 17.0 Å². The summed E-state index contributed by atoms with van der Waals surface area (Å²) in [4.78, 5) is 10.5. The molecule has 0 unspecified atom stereocenters. The van der Waals surface area contributed by atoms with Crippen molar-refractivity contribution in [2.24, 2.45) is 0 Å². The van der Waals surface area contributed by atoms with E-state index in [-0.39, 0.29) is 5.69 Å². The van der Waals surface area contributed by atoms with E-state index in [2.05, 4.69) is 17.0 Å². The zero-order chi connectivity index (χ0) is 18.7. The second-order valence-electron chi connectivity index (χ2n) is 5.41. The maximum Gasteiger partial charge on any atom is 0.271 e. The Morgan fingerprint density at radius 1 is 1.31 bits per heavy atom. The minimum Gasteiger partial charge on any atom is -0.495 e. The first-order valence-electron chi connectivity index (χ1n) is 7.66. The fourth-order valence-electron chi connectivity index (χ4n) is 2.48. The number of nitro benzene ring substituents is 1. The van der Waals surface area contributed by atoms with Crippen LogP contribution in [-0.4, -0.2) is 21.8 Å². The number of H-pyrrole nitrogens is 1. The van der Waals surface area contributed by atoms with E-state index in [1.165, 1.54) is 25.3 Å². The van der Waals surface area contributed by atoms with Gasteiger partial charge in [0.1, 0.15) is 10.4 Å². The van der Waals surface area contributed by atoms with Gasteiger partial charge in [-0.15, -0.1) is 0 Å². The van der Waals surface area contributed by atoms with E-state index in [1.54, 1.807) is 10.9 Å². The van der Waals surface area contributed by atoms with Crippen molar-refractivity contribution in [2.45, 2.75) is 0 Å². The Kier molecular flexibility index (Phi) is 4.85. The molecule has 0 saturated carbocycles. The monoisotopic (exact) mass is 368 g/mol. The first-order chi connectivity index (χ1) is 12.5. The van der Waals surface area contributed by atoms with Crippen molar-refractivity contribution in [2.75, 3.05) is 12.4 Å². The molecule has 0 aliphatic heterocycles. The standard InChI is InChI=1S/C18H16N4O3S/c1-12-15(18(26)21(20-12)13-6-4-3-5-7-13)11-19-16-10-14(22(23)24)8-9-17(16)25-2/h3-11,19-20H,1H2,2H3. The van der Waals surface area contributed by atoms with Gasteiger partial charge in [-0.05, 0) is 18.2 Å². The van der Waals surface area contributed by atoms with Gasteiger partial charge < -0.3 is 10.1 Å². The van der Waals surface area contributed by atoms with Crippen molar-refractivity contribution in [1.29, 1.82) is 0 Å². The number of nitrogens with zero attached hydrogens (tertiary/aromatic N) is 2. The van der Waals surface area contributed by atoms with Gasteiger partial charge in [0, 0.05) is 18.3 Å². The maximum atomic E-state index is 11.0. The third kappa shape index (κ3) is 3.35. The van der Waals surface area contributed by atoms with Crippen LogP contribution in [0.25, 0.3) is 18.5 Å². The van der Waals surface area contributed by atoms with E-state index in [0.29, 0.717) is 26.6 Å². The van der Waals surface area contributed by atoms with Crippen molar-refractivity contribution in [3.05, 3.63) is 73.9 Å². The van der Waals surface area contributed by atoms with Gasteiger partial charge in [-0.1, -0.05) is 37.0 Å². The molecule has 132 valence electrons. The molecule has 0 bridgehead atoms. The van der Waals surface area contributed by atoms with Crippen molar-refractivity contribution < 1.29 is 9.66 Å². The normalized spacial score (nSPS) is 11.3. The van der Waals surface area contributed by atoms with Crippen LogP contribution in [0.1, 0.15) is 0 Å². The Morgan fingerprint density at radius 2 is 2.04 bits per heavy atom. The molecule has 0 amide bonds. The van der Waals surface area contributed by atoms with Crippen molar-refractivity contribution in [3.8, 4) is 11.4 Å². The summed E-state index contributed by atoms with van der Waals surface area (Å²) in [6, 6.07) is 13.9. The van der Waals surface area contributed by atoms with Gasteiger partial charge in [0.2, 0.25) is 0 Å². The number of anilines is 1. The highest BCUT2D eigenvalue weighted by Crippen LogP contribution is 2.28. The highest BCUT2D eigenvalue weighted by Gasteiger charge is 2.10. The summed E-state index contributed by atoms with van der Waals surface area (Å²) in [5.41, 5.74) is 1.31. The van der Waals surface area contributed by atoms with Crippen molar-refractivity contribution in [3.63, 3.8) is 0 Å². The Morgan fingerprint density at radius 3 is 2.69 bits per heavy atom. The summed E-state index contributed by atoms with van der Waals surface area (Å²) < 4.78 is 7.53. The number of ether oxygens (including phenoxy) is 1. The molecule has 8 heteroatoms. The fraction of sp³-hybridized carbons (Fsp3) is 0.0556. The average Bonchev–Trinajstić information content (AvgIpc) is 2.94. The lowest BCUT2D eigenvalue weighted by Crippen LogP contribution is -2.22. The molecule has 0 aliphatic rings. The lowest BCUT2D eigenvalue weighted by molar-refractivity contribution is -0.384. The Balaban J connectivity index is 2.04. The molecule has 0 spiro atoms. The first-order valence-corrected chi connectivity index (χ1v) is 8.06. The third-order valence-corrected chi connectivity index (χ3v) is 4.19. The first kappa shape index (κ1) is 17.4. The number of para-hydroxylation sites is 1. The van der Waals surface area contributed by atoms with Crippen LogP contribution >= 0.6 is 12.2 Å². The molecule has 7 nitrogen and oxygen atoms in total. The minimum absolute atomic E-state index is 0.0384. The SMILES string of the molecule is C=c1[nH]n(-c2ccccc2)c(=S)c1=CNc1cc([N+](=O)[O-])ccc1OC. The molecule has 3 rings (SSSR count). The lowest BCUT2D eigenvalue weighted by atomic mass is 10.2. The van der Waals surface area contributed by atoms with Gasteiger partial charge in [0.25, 0.3) is 5.69 Å². The van der Waals surface area contributed by atoms with E-state index >= 15 is 0 Å². The quantitative estimate of drug-likeness (QED) is 0.411. The van der Waals surface area contributed by atoms with Crippen molar-refractivity contribution in [1.82, 2.24) is 9.78 Å². The molecule has 26 heavy (non-hydrogen) atoms. The predicted octanol–water partition coefficient (Wildman–Crippen LogP) is 2.71. The number of aromatic amines is 1. The number of nitro groups is 1. The number of hydrogen-bond acceptors (Lipinski definition) is 5. The van der Waals surface area contributed by atoms with E-state index < -0.39 is 4.92 Å². The summed E-state index contributed by atoms with van der Waals surface area (Å²) in [5, 5.41) is 18.4. The number of benzene rings is 2. The van der Waals surface area contributed by atoms with Crippen LogP contribution in [0.3, 0.4) is 0 Å². The Labute approximate surface area is 154 Å². The van der Waals surface area contributed by atoms with E-state index in [9.17, 15) is 10.1 Å². The fourth-order valence-corrected chi connectivity index (χ4v) is 2.81. The summed E-state index contributed by atoms with van der Waals surface area (Å²) in [6.07, 6.45) is 1.65. The topological polar surface area (TPSA) is 85.1 Å². The molecule has 0 saturated heterocycles. The molecule has 1 aromatic heterocycles. The molecule has 0 aliphatic carbocycles. The molecule has 1 heterocycles. The average molecular weight is 368 g/mol. The van der Waals surface area contributed by atoms with Crippen LogP contribution < -0.4 is 20.6 Å². The number of aromatic nitrogens is 2. The zero-order valence-corrected chi connectivity index (χ0v) is 14.7. The molecule has 0 radical (unpaired) electrons. The summed E-state index contributed by atoms with van der Waals surface area (Å²) in [5.74, 6) is 0.481. The number of hydrogen-bond donors (Lipinski definition) is 2. The highest BCUT2D eigenvalue weighted by molar-refractivity contribution is 7.71. The van der Waals surface area contributed by atoms with Crippen molar-refractivity contribution >= 4 is 36.4 Å². The molecule has 2 aromatic carbocycles. The number of non-ortho nitro benzene ring substituents is 1. The predicted molar refractivity (Wildman–Crippen MR) is 103 cm³/mol. The van der Waals surface area contributed by atoms with Gasteiger partial charge in [0.05, 0.1) is 34.0 Å². The maximum absolute atomic E-state index is 11.0. The molecule has 0 atom stereocenters. The van der Waals surface area contributed by atoms with Gasteiger partial charge in [-0.2, -0.15) is 0 Å². The van der Waals surface area contributed by atoms with Gasteiger partial charge in [0.15, 0.2) is 0 Å². The lowest BCUT2D eigenvalue weighted by Gasteiger charge is -2.07. The number of rotatable bonds is 5. The van der Waals surface area contributed by atoms with E-state index in [1.807, 2.05) is 30.3 Å². The van der Waals surface area contributed by atoms with Gasteiger partial charge >= 0.3 is 0 Å². The summed E-state index contributed by atoms with van der Waals surface area (Å²) >= 11 is 5.52.